The molecule has 1 unspecified atom stereocenters. The van der Waals surface area contributed by atoms with Gasteiger partial charge in [-0.2, -0.15) is 8.78 Å². The molecule has 0 saturated carbocycles. The predicted octanol–water partition coefficient (Wildman–Crippen LogP) is 3.12. The van der Waals surface area contributed by atoms with Crippen LogP contribution in [-0.4, -0.2) is 23.9 Å². The Kier molecular flexibility index (Phi) is 6.77. The second kappa shape index (κ2) is 8.09. The first kappa shape index (κ1) is 15.9. The highest BCUT2D eigenvalue weighted by atomic mass is 79.9. The van der Waals surface area contributed by atoms with Gasteiger partial charge in [-0.3, -0.25) is 4.79 Å². The lowest BCUT2D eigenvalue weighted by Crippen LogP contribution is -2.32. The molecule has 1 aromatic carbocycles. The molecule has 0 radical (unpaired) electrons. The highest BCUT2D eigenvalue weighted by Gasteiger charge is 2.11. The average Bonchev–Trinajstić information content (AvgIpc) is 2.39. The van der Waals surface area contributed by atoms with Crippen molar-refractivity contribution in [3.8, 4) is 5.75 Å². The number of rotatable bonds is 7. The molecule has 0 saturated heterocycles. The van der Waals surface area contributed by atoms with E-state index in [4.69, 9.17) is 0 Å². The standard InChI is InChI=1S/C13H16BrF2NO2/c1-2-11(14)12(18)17-8-7-9-3-5-10(6-4-9)19-13(15)16/h3-6,11,13H,2,7-8H2,1H3,(H,17,18). The molecule has 0 aliphatic heterocycles. The van der Waals surface area contributed by atoms with Crippen molar-refractivity contribution >= 4 is 21.8 Å². The Hall–Kier alpha value is -1.17. The largest absolute Gasteiger partial charge is 0.435 e. The number of ether oxygens (including phenoxy) is 1. The topological polar surface area (TPSA) is 38.3 Å². The SMILES string of the molecule is CCC(Br)C(=O)NCCc1ccc(OC(F)F)cc1. The fraction of sp³-hybridized carbons (Fsp3) is 0.462. The summed E-state index contributed by atoms with van der Waals surface area (Å²) in [5.41, 5.74) is 0.949. The molecule has 0 aliphatic carbocycles. The third kappa shape index (κ3) is 6.00. The monoisotopic (exact) mass is 335 g/mol. The zero-order chi connectivity index (χ0) is 14.3. The van der Waals surface area contributed by atoms with Gasteiger partial charge in [0.25, 0.3) is 0 Å². The molecule has 3 nitrogen and oxygen atoms in total. The Morgan fingerprint density at radius 2 is 2.00 bits per heavy atom. The van der Waals surface area contributed by atoms with Crippen molar-refractivity contribution in [2.45, 2.75) is 31.2 Å². The minimum absolute atomic E-state index is 0.0415. The molecular formula is C13H16BrF2NO2. The molecule has 0 fully saturated rings. The zero-order valence-corrected chi connectivity index (χ0v) is 12.1. The minimum Gasteiger partial charge on any atom is -0.435 e. The summed E-state index contributed by atoms with van der Waals surface area (Å²) in [5.74, 6) is 0.0921. The first-order valence-corrected chi connectivity index (χ1v) is 6.90. The van der Waals surface area contributed by atoms with Gasteiger partial charge in [0.15, 0.2) is 0 Å². The van der Waals surface area contributed by atoms with E-state index in [2.05, 4.69) is 26.0 Å². The van der Waals surface area contributed by atoms with E-state index in [9.17, 15) is 13.6 Å². The molecule has 1 N–H and O–H groups in total. The van der Waals surface area contributed by atoms with Crippen LogP contribution in [0.15, 0.2) is 24.3 Å². The summed E-state index contributed by atoms with van der Waals surface area (Å²) in [7, 11) is 0. The van der Waals surface area contributed by atoms with E-state index in [1.165, 1.54) is 12.1 Å². The summed E-state index contributed by atoms with van der Waals surface area (Å²) in [4.78, 5) is 11.3. The van der Waals surface area contributed by atoms with Crippen LogP contribution >= 0.6 is 15.9 Å². The van der Waals surface area contributed by atoms with Crippen LogP contribution in [0.1, 0.15) is 18.9 Å². The van der Waals surface area contributed by atoms with Gasteiger partial charge in [-0.1, -0.05) is 35.0 Å². The van der Waals surface area contributed by atoms with Gasteiger partial charge in [-0.15, -0.1) is 0 Å². The molecule has 1 amide bonds. The molecule has 0 aliphatic rings. The van der Waals surface area contributed by atoms with E-state index >= 15 is 0 Å². The fourth-order valence-corrected chi connectivity index (χ4v) is 1.63. The number of hydrogen-bond acceptors (Lipinski definition) is 2. The molecule has 106 valence electrons. The predicted molar refractivity (Wildman–Crippen MR) is 72.8 cm³/mol. The van der Waals surface area contributed by atoms with Crippen molar-refractivity contribution in [2.24, 2.45) is 0 Å². The van der Waals surface area contributed by atoms with Crippen LogP contribution in [0.5, 0.6) is 5.75 Å². The molecule has 1 rings (SSSR count). The fourth-order valence-electron chi connectivity index (χ4n) is 1.46. The number of benzene rings is 1. The van der Waals surface area contributed by atoms with E-state index in [1.54, 1.807) is 12.1 Å². The second-order valence-corrected chi connectivity index (χ2v) is 5.04. The first-order chi connectivity index (χ1) is 9.02. The van der Waals surface area contributed by atoms with Gasteiger partial charge >= 0.3 is 6.61 Å². The highest BCUT2D eigenvalue weighted by Crippen LogP contribution is 2.15. The summed E-state index contributed by atoms with van der Waals surface area (Å²) in [6.45, 7) is -0.383. The van der Waals surface area contributed by atoms with Crippen LogP contribution < -0.4 is 10.1 Å². The summed E-state index contributed by atoms with van der Waals surface area (Å²) in [6.07, 6.45) is 1.37. The Balaban J connectivity index is 2.36. The Labute approximate surface area is 119 Å². The van der Waals surface area contributed by atoms with Crippen LogP contribution in [0.2, 0.25) is 0 Å². The molecular weight excluding hydrogens is 320 g/mol. The van der Waals surface area contributed by atoms with Gasteiger partial charge in [0.1, 0.15) is 5.75 Å². The van der Waals surface area contributed by atoms with Crippen LogP contribution in [0.25, 0.3) is 0 Å². The van der Waals surface area contributed by atoms with Crippen LogP contribution in [0.3, 0.4) is 0 Å². The van der Waals surface area contributed by atoms with Gasteiger partial charge in [0.2, 0.25) is 5.91 Å². The molecule has 0 bridgehead atoms. The van der Waals surface area contributed by atoms with Crippen molar-refractivity contribution in [1.29, 1.82) is 0 Å². The molecule has 1 aromatic rings. The van der Waals surface area contributed by atoms with Gasteiger partial charge < -0.3 is 10.1 Å². The Morgan fingerprint density at radius 3 is 2.53 bits per heavy atom. The van der Waals surface area contributed by atoms with Gasteiger partial charge in [-0.05, 0) is 30.5 Å². The minimum atomic E-state index is -2.81. The quantitative estimate of drug-likeness (QED) is 0.777. The molecule has 1 atom stereocenters. The maximum Gasteiger partial charge on any atom is 0.387 e. The summed E-state index contributed by atoms with van der Waals surface area (Å²) in [6, 6.07) is 6.38. The van der Waals surface area contributed by atoms with E-state index in [1.807, 2.05) is 6.92 Å². The summed E-state index contributed by atoms with van der Waals surface area (Å²) in [5, 5.41) is 2.79. The number of halogens is 3. The smallest absolute Gasteiger partial charge is 0.387 e. The maximum atomic E-state index is 11.9. The molecule has 6 heteroatoms. The Morgan fingerprint density at radius 1 is 1.37 bits per heavy atom. The zero-order valence-electron chi connectivity index (χ0n) is 10.5. The third-order valence-electron chi connectivity index (χ3n) is 2.50. The van der Waals surface area contributed by atoms with Gasteiger partial charge in [0.05, 0.1) is 4.83 Å². The maximum absolute atomic E-state index is 11.9. The van der Waals surface area contributed by atoms with E-state index in [-0.39, 0.29) is 16.5 Å². The van der Waals surface area contributed by atoms with Crippen LogP contribution in [-0.2, 0) is 11.2 Å². The number of hydrogen-bond donors (Lipinski definition) is 1. The third-order valence-corrected chi connectivity index (χ3v) is 3.57. The highest BCUT2D eigenvalue weighted by molar-refractivity contribution is 9.10. The van der Waals surface area contributed by atoms with Crippen molar-refractivity contribution in [3.05, 3.63) is 29.8 Å². The number of carbonyl (C=O) groups is 1. The molecule has 0 aromatic heterocycles. The number of amides is 1. The van der Waals surface area contributed by atoms with Crippen LogP contribution in [0.4, 0.5) is 8.78 Å². The van der Waals surface area contributed by atoms with E-state index in [0.29, 0.717) is 13.0 Å². The number of alkyl halides is 3. The normalized spacial score (nSPS) is 12.3. The van der Waals surface area contributed by atoms with Crippen molar-refractivity contribution in [2.75, 3.05) is 6.54 Å². The second-order valence-electron chi connectivity index (χ2n) is 3.94. The lowest BCUT2D eigenvalue weighted by molar-refractivity contribution is -0.120. The van der Waals surface area contributed by atoms with E-state index < -0.39 is 6.61 Å². The van der Waals surface area contributed by atoms with Crippen LogP contribution in [0, 0.1) is 0 Å². The van der Waals surface area contributed by atoms with Crippen molar-refractivity contribution in [1.82, 2.24) is 5.32 Å². The summed E-state index contributed by atoms with van der Waals surface area (Å²) < 4.78 is 28.1. The number of carbonyl (C=O) groups excluding carboxylic acids is 1. The van der Waals surface area contributed by atoms with Crippen molar-refractivity contribution < 1.29 is 18.3 Å². The van der Waals surface area contributed by atoms with Crippen molar-refractivity contribution in [3.63, 3.8) is 0 Å². The van der Waals surface area contributed by atoms with E-state index in [0.717, 1.165) is 12.0 Å². The van der Waals surface area contributed by atoms with Gasteiger partial charge in [0, 0.05) is 6.54 Å². The average molecular weight is 336 g/mol. The molecule has 19 heavy (non-hydrogen) atoms. The van der Waals surface area contributed by atoms with Gasteiger partial charge in [-0.25, -0.2) is 0 Å². The molecule has 0 spiro atoms. The number of nitrogens with one attached hydrogen (secondary N) is 1. The lowest BCUT2D eigenvalue weighted by atomic mass is 10.1. The lowest BCUT2D eigenvalue weighted by Gasteiger charge is -2.09. The first-order valence-electron chi connectivity index (χ1n) is 5.98. The Bertz CT molecular complexity index is 398. The summed E-state index contributed by atoms with van der Waals surface area (Å²) >= 11 is 3.26. The molecule has 0 heterocycles.